The molecule has 0 aliphatic heterocycles. The van der Waals surface area contributed by atoms with Crippen molar-refractivity contribution in [1.29, 1.82) is 0 Å². The Bertz CT molecular complexity index is 599. The molecular formula is C13H13F2N3O2. The molecule has 0 spiro atoms. The third-order valence-electron chi connectivity index (χ3n) is 2.66. The average molecular weight is 281 g/mol. The second kappa shape index (κ2) is 6.23. The quantitative estimate of drug-likeness (QED) is 0.855. The van der Waals surface area contributed by atoms with Gasteiger partial charge in [-0.25, -0.2) is 13.6 Å². The number of H-pyrrole nitrogens is 1. The van der Waals surface area contributed by atoms with Gasteiger partial charge in [-0.1, -0.05) is 24.3 Å². The van der Waals surface area contributed by atoms with Gasteiger partial charge in [0.2, 0.25) is 6.43 Å². The lowest BCUT2D eigenvalue weighted by Crippen LogP contribution is -2.08. The molecular weight excluding hydrogens is 268 g/mol. The van der Waals surface area contributed by atoms with Crippen molar-refractivity contribution in [2.75, 3.05) is 6.61 Å². The number of ether oxygens (including phenoxy) is 1. The molecule has 0 aliphatic rings. The molecule has 0 unspecified atom stereocenters. The van der Waals surface area contributed by atoms with Crippen LogP contribution in [0.3, 0.4) is 0 Å². The molecule has 5 nitrogen and oxygen atoms in total. The number of alkyl halides is 2. The van der Waals surface area contributed by atoms with Crippen LogP contribution >= 0.6 is 0 Å². The Morgan fingerprint density at radius 2 is 2.10 bits per heavy atom. The molecule has 2 aromatic rings. The van der Waals surface area contributed by atoms with Crippen LogP contribution in [0.5, 0.6) is 0 Å². The number of halogens is 2. The second-order valence-electron chi connectivity index (χ2n) is 3.99. The minimum atomic E-state index is -2.48. The number of aromatic amines is 1. The number of carbonyl (C=O) groups excluding carboxylic acids is 1. The molecule has 106 valence electrons. The third-order valence-corrected chi connectivity index (χ3v) is 2.66. The number of nitrogens with one attached hydrogen (secondary N) is 1. The monoisotopic (exact) mass is 281 g/mol. The van der Waals surface area contributed by atoms with Gasteiger partial charge in [0, 0.05) is 12.0 Å². The Hall–Kier alpha value is -2.31. The Labute approximate surface area is 114 Å². The molecule has 1 aromatic carbocycles. The summed E-state index contributed by atoms with van der Waals surface area (Å²) in [5.74, 6) is -0.636. The van der Waals surface area contributed by atoms with E-state index in [9.17, 15) is 13.6 Å². The van der Waals surface area contributed by atoms with E-state index in [4.69, 9.17) is 4.74 Å². The predicted octanol–water partition coefficient (Wildman–Crippen LogP) is 2.46. The van der Waals surface area contributed by atoms with Gasteiger partial charge in [0.1, 0.15) is 5.69 Å². The second-order valence-corrected chi connectivity index (χ2v) is 3.99. The summed E-state index contributed by atoms with van der Waals surface area (Å²) >= 11 is 0. The van der Waals surface area contributed by atoms with E-state index in [0.717, 1.165) is 0 Å². The van der Waals surface area contributed by atoms with Crippen molar-refractivity contribution in [3.8, 4) is 11.3 Å². The van der Waals surface area contributed by atoms with E-state index in [-0.39, 0.29) is 18.0 Å². The smallest absolute Gasteiger partial charge is 0.361 e. The van der Waals surface area contributed by atoms with Gasteiger partial charge >= 0.3 is 5.97 Å². The van der Waals surface area contributed by atoms with Gasteiger partial charge in [0.15, 0.2) is 5.69 Å². The number of benzene rings is 1. The van der Waals surface area contributed by atoms with Crippen molar-refractivity contribution >= 4 is 5.97 Å². The fourth-order valence-corrected chi connectivity index (χ4v) is 1.86. The van der Waals surface area contributed by atoms with Crippen LogP contribution < -0.4 is 0 Å². The van der Waals surface area contributed by atoms with Crippen LogP contribution in [0.25, 0.3) is 11.3 Å². The van der Waals surface area contributed by atoms with E-state index in [1.165, 1.54) is 0 Å². The zero-order valence-corrected chi connectivity index (χ0v) is 10.8. The van der Waals surface area contributed by atoms with E-state index < -0.39 is 18.8 Å². The average Bonchev–Trinajstić information content (AvgIpc) is 2.88. The molecule has 1 N–H and O–H groups in total. The van der Waals surface area contributed by atoms with Crippen LogP contribution in [0, 0.1) is 0 Å². The van der Waals surface area contributed by atoms with Gasteiger partial charge in [0.25, 0.3) is 0 Å². The van der Waals surface area contributed by atoms with Crippen LogP contribution in [0.1, 0.15) is 23.0 Å². The number of nitrogens with zero attached hydrogens (tertiary/aromatic N) is 2. The van der Waals surface area contributed by atoms with Gasteiger partial charge < -0.3 is 4.74 Å². The van der Waals surface area contributed by atoms with Gasteiger partial charge in [-0.15, -0.1) is 5.10 Å². The van der Waals surface area contributed by atoms with Crippen LogP contribution in [-0.4, -0.2) is 34.4 Å². The van der Waals surface area contributed by atoms with Crippen LogP contribution in [0.15, 0.2) is 24.3 Å². The van der Waals surface area contributed by atoms with Crippen molar-refractivity contribution in [2.45, 2.75) is 19.8 Å². The van der Waals surface area contributed by atoms with Crippen molar-refractivity contribution in [1.82, 2.24) is 15.4 Å². The van der Waals surface area contributed by atoms with Crippen LogP contribution in [-0.2, 0) is 11.2 Å². The lowest BCUT2D eigenvalue weighted by Gasteiger charge is -2.07. The highest BCUT2D eigenvalue weighted by atomic mass is 19.3. The highest BCUT2D eigenvalue weighted by Gasteiger charge is 2.21. The molecule has 1 aromatic heterocycles. The molecule has 20 heavy (non-hydrogen) atoms. The Morgan fingerprint density at radius 1 is 1.35 bits per heavy atom. The van der Waals surface area contributed by atoms with E-state index in [1.54, 1.807) is 31.2 Å². The Kier molecular flexibility index (Phi) is 4.39. The topological polar surface area (TPSA) is 67.9 Å². The first kappa shape index (κ1) is 14.1. The summed E-state index contributed by atoms with van der Waals surface area (Å²) in [4.78, 5) is 11.7. The molecule has 2 rings (SSSR count). The summed E-state index contributed by atoms with van der Waals surface area (Å²) in [5.41, 5.74) is 1.07. The fourth-order valence-electron chi connectivity index (χ4n) is 1.86. The van der Waals surface area contributed by atoms with E-state index >= 15 is 0 Å². The standard InChI is InChI=1S/C13H13F2N3O2/c1-2-20-13(19)12-11(16-18-17-12)9-6-4-3-5-8(9)7-10(14)15/h3-6,10H,2,7H2,1H3,(H,16,17,18). The van der Waals surface area contributed by atoms with Crippen molar-refractivity contribution in [2.24, 2.45) is 0 Å². The Morgan fingerprint density at radius 3 is 2.80 bits per heavy atom. The molecule has 0 saturated heterocycles. The van der Waals surface area contributed by atoms with Crippen LogP contribution in [0.2, 0.25) is 0 Å². The number of esters is 1. The minimum Gasteiger partial charge on any atom is -0.461 e. The summed E-state index contributed by atoms with van der Waals surface area (Å²) in [5, 5.41) is 9.94. The lowest BCUT2D eigenvalue weighted by atomic mass is 10.0. The SMILES string of the molecule is CCOC(=O)c1n[nH]nc1-c1ccccc1CC(F)F. The van der Waals surface area contributed by atoms with E-state index in [1.807, 2.05) is 0 Å². The minimum absolute atomic E-state index is 0.00596. The summed E-state index contributed by atoms with van der Waals surface area (Å²) in [7, 11) is 0. The first-order chi connectivity index (χ1) is 9.63. The van der Waals surface area contributed by atoms with Crippen molar-refractivity contribution in [3.63, 3.8) is 0 Å². The van der Waals surface area contributed by atoms with Crippen molar-refractivity contribution < 1.29 is 18.3 Å². The maximum Gasteiger partial charge on any atom is 0.361 e. The molecule has 1 heterocycles. The first-order valence-electron chi connectivity index (χ1n) is 6.07. The maximum atomic E-state index is 12.6. The third kappa shape index (κ3) is 2.98. The van der Waals surface area contributed by atoms with Crippen LogP contribution in [0.4, 0.5) is 8.78 Å². The predicted molar refractivity (Wildman–Crippen MR) is 67.5 cm³/mol. The summed E-state index contributed by atoms with van der Waals surface area (Å²) < 4.78 is 30.0. The zero-order valence-electron chi connectivity index (χ0n) is 10.8. The summed E-state index contributed by atoms with van der Waals surface area (Å²) in [6.07, 6.45) is -2.89. The first-order valence-corrected chi connectivity index (χ1v) is 6.07. The highest BCUT2D eigenvalue weighted by molar-refractivity contribution is 5.94. The number of hydrogen-bond acceptors (Lipinski definition) is 4. The van der Waals surface area contributed by atoms with E-state index in [2.05, 4.69) is 15.4 Å². The largest absolute Gasteiger partial charge is 0.461 e. The molecule has 0 radical (unpaired) electrons. The molecule has 0 saturated carbocycles. The normalized spacial score (nSPS) is 10.8. The molecule has 7 heteroatoms. The molecule has 0 aliphatic carbocycles. The van der Waals surface area contributed by atoms with Gasteiger partial charge in [-0.05, 0) is 12.5 Å². The van der Waals surface area contributed by atoms with Crippen molar-refractivity contribution in [3.05, 3.63) is 35.5 Å². The number of carbonyl (C=O) groups is 1. The van der Waals surface area contributed by atoms with E-state index in [0.29, 0.717) is 11.1 Å². The number of rotatable bonds is 5. The summed E-state index contributed by atoms with van der Waals surface area (Å²) in [6, 6.07) is 6.54. The number of hydrogen-bond donors (Lipinski definition) is 1. The zero-order chi connectivity index (χ0) is 14.5. The lowest BCUT2D eigenvalue weighted by molar-refractivity contribution is 0.0520. The molecule has 0 amide bonds. The van der Waals surface area contributed by atoms with Gasteiger partial charge in [-0.2, -0.15) is 10.3 Å². The highest BCUT2D eigenvalue weighted by Crippen LogP contribution is 2.26. The van der Waals surface area contributed by atoms with Gasteiger partial charge in [-0.3, -0.25) is 0 Å². The van der Waals surface area contributed by atoms with Gasteiger partial charge in [0.05, 0.1) is 6.61 Å². The summed E-state index contributed by atoms with van der Waals surface area (Å²) in [6.45, 7) is 1.87. The Balaban J connectivity index is 2.42. The maximum absolute atomic E-state index is 12.6. The fraction of sp³-hybridized carbons (Fsp3) is 0.308. The molecule has 0 bridgehead atoms. The molecule has 0 fully saturated rings. The molecule has 0 atom stereocenters. The number of aromatic nitrogens is 3.